The molecule has 1 rings (SSSR count). The Labute approximate surface area is 88.6 Å². The Morgan fingerprint density at radius 3 is 2.43 bits per heavy atom. The van der Waals surface area contributed by atoms with Gasteiger partial charge in [-0.2, -0.15) is 0 Å². The zero-order valence-electron chi connectivity index (χ0n) is 10.1. The molecule has 2 nitrogen and oxygen atoms in total. The molecule has 0 atom stereocenters. The average Bonchev–Trinajstić information content (AvgIpc) is 2.22. The molecule has 0 aromatic carbocycles. The van der Waals surface area contributed by atoms with Gasteiger partial charge in [0.05, 0.1) is 6.61 Å². The molecule has 0 saturated carbocycles. The second-order valence-electron chi connectivity index (χ2n) is 3.71. The molecule has 0 saturated heterocycles. The van der Waals surface area contributed by atoms with Gasteiger partial charge in [-0.15, -0.1) is 0 Å². The molecule has 0 radical (unpaired) electrons. The highest BCUT2D eigenvalue weighted by Crippen LogP contribution is 2.17. The maximum Gasteiger partial charge on any atom is 0.0558 e. The molecule has 0 aliphatic carbocycles. The summed E-state index contributed by atoms with van der Waals surface area (Å²) in [5.41, 5.74) is 1.57. The van der Waals surface area contributed by atoms with Crippen LogP contribution in [-0.2, 0) is 0 Å². The summed E-state index contributed by atoms with van der Waals surface area (Å²) in [7, 11) is 0. The Bertz CT molecular complexity index is 164. The molecule has 84 valence electrons. The number of aliphatic hydroxyl groups is 1. The summed E-state index contributed by atoms with van der Waals surface area (Å²) in [6.45, 7) is 11.7. The van der Waals surface area contributed by atoms with Crippen molar-refractivity contribution in [3.63, 3.8) is 0 Å². The van der Waals surface area contributed by atoms with Gasteiger partial charge in [0.1, 0.15) is 0 Å². The minimum absolute atomic E-state index is 0.283. The largest absolute Gasteiger partial charge is 0.395 e. The zero-order valence-corrected chi connectivity index (χ0v) is 10.1. The summed E-state index contributed by atoms with van der Waals surface area (Å²) in [5, 5.41) is 8.73. The molecule has 0 aromatic heterocycles. The van der Waals surface area contributed by atoms with Crippen molar-refractivity contribution in [2.45, 2.75) is 34.1 Å². The van der Waals surface area contributed by atoms with E-state index in [2.05, 4.69) is 24.8 Å². The summed E-state index contributed by atoms with van der Waals surface area (Å²) in [4.78, 5) is 2.28. The van der Waals surface area contributed by atoms with Gasteiger partial charge in [0.15, 0.2) is 0 Å². The minimum Gasteiger partial charge on any atom is -0.395 e. The van der Waals surface area contributed by atoms with Gasteiger partial charge in [-0.25, -0.2) is 0 Å². The van der Waals surface area contributed by atoms with Crippen molar-refractivity contribution in [2.75, 3.05) is 26.2 Å². The maximum atomic E-state index is 8.73. The van der Waals surface area contributed by atoms with E-state index in [0.717, 1.165) is 19.6 Å². The summed E-state index contributed by atoms with van der Waals surface area (Å²) < 4.78 is 0. The van der Waals surface area contributed by atoms with Crippen LogP contribution in [0.3, 0.4) is 0 Å². The summed E-state index contributed by atoms with van der Waals surface area (Å²) in [5.74, 6) is 0.696. The Kier molecular flexibility index (Phi) is 7.81. The molecule has 1 N–H and O–H groups in total. The van der Waals surface area contributed by atoms with Gasteiger partial charge in [-0.1, -0.05) is 39.3 Å². The highest BCUT2D eigenvalue weighted by Gasteiger charge is 2.12. The van der Waals surface area contributed by atoms with E-state index in [4.69, 9.17) is 5.11 Å². The number of nitrogens with zero attached hydrogens (tertiary/aromatic N) is 1. The van der Waals surface area contributed by atoms with E-state index in [1.165, 1.54) is 6.42 Å². The first-order valence-corrected chi connectivity index (χ1v) is 5.76. The van der Waals surface area contributed by atoms with E-state index in [0.29, 0.717) is 5.92 Å². The number of β-amino-alcohol motifs (C(OH)–C–C–N with tert-alkyl or cyclic N) is 1. The van der Waals surface area contributed by atoms with Gasteiger partial charge < -0.3 is 5.11 Å². The number of hydrogen-bond donors (Lipinski definition) is 1. The molecule has 1 aliphatic rings. The van der Waals surface area contributed by atoms with Gasteiger partial charge in [0.2, 0.25) is 0 Å². The Morgan fingerprint density at radius 1 is 1.43 bits per heavy atom. The minimum atomic E-state index is 0.283. The van der Waals surface area contributed by atoms with Crippen molar-refractivity contribution in [3.05, 3.63) is 11.6 Å². The van der Waals surface area contributed by atoms with E-state index in [-0.39, 0.29) is 6.61 Å². The molecule has 0 aromatic rings. The standard InChI is InChI=1S/C10H19NO.C2H6/c1-9(2)10-3-5-11(6-4-10)7-8-12;1-2/h3,9,12H,4-8H2,1-2H3;1-2H3. The van der Waals surface area contributed by atoms with E-state index >= 15 is 0 Å². The summed E-state index contributed by atoms with van der Waals surface area (Å²) in [6.07, 6.45) is 3.49. The van der Waals surface area contributed by atoms with Gasteiger partial charge in [-0.05, 0) is 12.3 Å². The van der Waals surface area contributed by atoms with Crippen molar-refractivity contribution >= 4 is 0 Å². The van der Waals surface area contributed by atoms with Crippen LogP contribution in [-0.4, -0.2) is 36.2 Å². The molecule has 0 spiro atoms. The lowest BCUT2D eigenvalue weighted by atomic mass is 9.97. The lowest BCUT2D eigenvalue weighted by Gasteiger charge is -2.26. The van der Waals surface area contributed by atoms with E-state index in [1.54, 1.807) is 5.57 Å². The first kappa shape index (κ1) is 13.7. The predicted octanol–water partition coefficient (Wildman–Crippen LogP) is 2.29. The van der Waals surface area contributed by atoms with Gasteiger partial charge in [0.25, 0.3) is 0 Å². The molecule has 0 bridgehead atoms. The third-order valence-electron chi connectivity index (χ3n) is 2.49. The van der Waals surface area contributed by atoms with E-state index < -0.39 is 0 Å². The lowest BCUT2D eigenvalue weighted by molar-refractivity contribution is 0.203. The molecule has 1 aliphatic heterocycles. The Balaban J connectivity index is 0.000000791. The van der Waals surface area contributed by atoms with Crippen LogP contribution >= 0.6 is 0 Å². The fourth-order valence-electron chi connectivity index (χ4n) is 1.60. The van der Waals surface area contributed by atoms with Crippen LogP contribution in [0, 0.1) is 5.92 Å². The predicted molar refractivity (Wildman–Crippen MR) is 62.4 cm³/mol. The van der Waals surface area contributed by atoms with Crippen LogP contribution in [0.15, 0.2) is 11.6 Å². The van der Waals surface area contributed by atoms with Crippen LogP contribution in [0.4, 0.5) is 0 Å². The van der Waals surface area contributed by atoms with Crippen LogP contribution in [0.1, 0.15) is 34.1 Å². The van der Waals surface area contributed by atoms with Crippen molar-refractivity contribution in [3.8, 4) is 0 Å². The van der Waals surface area contributed by atoms with Crippen molar-refractivity contribution < 1.29 is 5.11 Å². The van der Waals surface area contributed by atoms with E-state index in [1.807, 2.05) is 13.8 Å². The van der Waals surface area contributed by atoms with Crippen molar-refractivity contribution in [1.29, 1.82) is 0 Å². The number of aliphatic hydroxyl groups excluding tert-OH is 1. The molecular formula is C12H25NO. The van der Waals surface area contributed by atoms with Crippen LogP contribution in [0.2, 0.25) is 0 Å². The number of rotatable bonds is 3. The number of hydrogen-bond acceptors (Lipinski definition) is 2. The second kappa shape index (κ2) is 8.01. The zero-order chi connectivity index (χ0) is 11.0. The fourth-order valence-corrected chi connectivity index (χ4v) is 1.60. The normalized spacial score (nSPS) is 17.4. The quantitative estimate of drug-likeness (QED) is 0.705. The third kappa shape index (κ3) is 4.77. The molecular weight excluding hydrogens is 174 g/mol. The highest BCUT2D eigenvalue weighted by molar-refractivity contribution is 5.09. The Morgan fingerprint density at radius 2 is 2.07 bits per heavy atom. The monoisotopic (exact) mass is 199 g/mol. The third-order valence-corrected chi connectivity index (χ3v) is 2.49. The molecule has 0 amide bonds. The first-order valence-electron chi connectivity index (χ1n) is 5.76. The smallest absolute Gasteiger partial charge is 0.0558 e. The van der Waals surface area contributed by atoms with Crippen molar-refractivity contribution in [2.24, 2.45) is 5.92 Å². The van der Waals surface area contributed by atoms with Crippen molar-refractivity contribution in [1.82, 2.24) is 4.90 Å². The van der Waals surface area contributed by atoms with Gasteiger partial charge in [-0.3, -0.25) is 4.90 Å². The maximum absolute atomic E-state index is 8.73. The average molecular weight is 199 g/mol. The lowest BCUT2D eigenvalue weighted by Crippen LogP contribution is -2.31. The molecule has 1 heterocycles. The fraction of sp³-hybridized carbons (Fsp3) is 0.833. The van der Waals surface area contributed by atoms with Crippen LogP contribution < -0.4 is 0 Å². The molecule has 2 heteroatoms. The molecule has 0 unspecified atom stereocenters. The topological polar surface area (TPSA) is 23.5 Å². The summed E-state index contributed by atoms with van der Waals surface area (Å²) in [6, 6.07) is 0. The SMILES string of the molecule is CC.CC(C)C1=CCN(CCO)CC1. The molecule has 0 fully saturated rings. The van der Waals surface area contributed by atoms with E-state index in [9.17, 15) is 0 Å². The second-order valence-corrected chi connectivity index (χ2v) is 3.71. The first-order chi connectivity index (χ1) is 6.74. The van der Waals surface area contributed by atoms with Gasteiger partial charge in [0, 0.05) is 19.6 Å². The Hall–Kier alpha value is -0.340. The highest BCUT2D eigenvalue weighted by atomic mass is 16.3. The van der Waals surface area contributed by atoms with Crippen LogP contribution in [0.25, 0.3) is 0 Å². The molecule has 14 heavy (non-hydrogen) atoms. The van der Waals surface area contributed by atoms with Gasteiger partial charge >= 0.3 is 0 Å². The van der Waals surface area contributed by atoms with Crippen LogP contribution in [0.5, 0.6) is 0 Å². The summed E-state index contributed by atoms with van der Waals surface area (Å²) >= 11 is 0.